The van der Waals surface area contributed by atoms with Gasteiger partial charge in [0, 0.05) is 68.8 Å². The summed E-state index contributed by atoms with van der Waals surface area (Å²) in [6.07, 6.45) is 8.71. The highest BCUT2D eigenvalue weighted by Crippen LogP contribution is 2.57. The van der Waals surface area contributed by atoms with Crippen molar-refractivity contribution in [2.24, 2.45) is 13.0 Å². The fraction of sp³-hybridized carbons (Fsp3) is 0.577. The van der Waals surface area contributed by atoms with Crippen LogP contribution in [-0.4, -0.2) is 70.2 Å². The Bertz CT molecular complexity index is 1100. The molecule has 1 N–H and O–H groups in total. The molecular weight excluding hydrogens is 428 g/mol. The molecule has 6 rings (SSSR count). The summed E-state index contributed by atoms with van der Waals surface area (Å²) in [5.41, 5.74) is 2.38. The Balaban J connectivity index is 1.34. The number of nitrogens with one attached hydrogen (secondary N) is 1. The first-order valence-electron chi connectivity index (χ1n) is 12.7. The van der Waals surface area contributed by atoms with Crippen LogP contribution in [-0.2, 0) is 28.7 Å². The number of carbonyl (C=O) groups is 2. The van der Waals surface area contributed by atoms with Gasteiger partial charge in [0.2, 0.25) is 5.91 Å². The van der Waals surface area contributed by atoms with Crippen LogP contribution in [0.25, 0.3) is 0 Å². The molecule has 0 radical (unpaired) electrons. The van der Waals surface area contributed by atoms with Crippen molar-refractivity contribution in [2.45, 2.75) is 50.2 Å². The molecule has 2 bridgehead atoms. The first-order valence-corrected chi connectivity index (χ1v) is 12.7. The Labute approximate surface area is 200 Å². The standard InChI is InChI=1S/C26H34N6O2/c1-29-17-19(16-28-29)18-30-11-5-10-27-24(33)22-15-20-7-4-14-32(20)26(22)21-8-2-3-9-23(21)31(25(26)34)13-6-12-30/h2-3,8-9,16-17,20,22H,4-7,10-15,18H2,1H3,(H,27,33)/t20-,22-,26+/m0/s1. The fourth-order valence-corrected chi connectivity index (χ4v) is 6.95. The third kappa shape index (κ3) is 3.30. The zero-order valence-corrected chi connectivity index (χ0v) is 19.9. The van der Waals surface area contributed by atoms with Crippen molar-refractivity contribution in [1.29, 1.82) is 0 Å². The lowest BCUT2D eigenvalue weighted by molar-refractivity contribution is -0.138. The summed E-state index contributed by atoms with van der Waals surface area (Å²) in [7, 11) is 1.94. The maximum atomic E-state index is 14.3. The van der Waals surface area contributed by atoms with Crippen LogP contribution in [0.3, 0.4) is 0 Å². The molecule has 34 heavy (non-hydrogen) atoms. The Morgan fingerprint density at radius 1 is 1.09 bits per heavy atom. The van der Waals surface area contributed by atoms with E-state index in [4.69, 9.17) is 0 Å². The summed E-state index contributed by atoms with van der Waals surface area (Å²) in [6, 6.07) is 8.51. The zero-order valence-electron chi connectivity index (χ0n) is 19.9. The number of amides is 2. The average Bonchev–Trinajstić information content (AvgIpc) is 3.57. The molecule has 0 saturated carbocycles. The van der Waals surface area contributed by atoms with Gasteiger partial charge in [-0.15, -0.1) is 0 Å². The van der Waals surface area contributed by atoms with Crippen molar-refractivity contribution in [2.75, 3.05) is 37.6 Å². The maximum absolute atomic E-state index is 14.3. The van der Waals surface area contributed by atoms with Gasteiger partial charge in [-0.25, -0.2) is 0 Å². The van der Waals surface area contributed by atoms with Gasteiger partial charge in [0.25, 0.3) is 5.91 Å². The van der Waals surface area contributed by atoms with Crippen LogP contribution in [0.5, 0.6) is 0 Å². The average molecular weight is 463 g/mol. The summed E-state index contributed by atoms with van der Waals surface area (Å²) >= 11 is 0. The van der Waals surface area contributed by atoms with Crippen LogP contribution in [0, 0.1) is 5.92 Å². The van der Waals surface area contributed by atoms with Crippen molar-refractivity contribution in [3.05, 3.63) is 47.8 Å². The molecule has 4 aliphatic rings. The van der Waals surface area contributed by atoms with E-state index in [0.29, 0.717) is 19.1 Å². The third-order valence-corrected chi connectivity index (χ3v) is 8.31. The topological polar surface area (TPSA) is 73.7 Å². The number of aryl methyl sites for hydroxylation is 1. The van der Waals surface area contributed by atoms with Gasteiger partial charge < -0.3 is 10.2 Å². The lowest BCUT2D eigenvalue weighted by Crippen LogP contribution is -2.56. The Hall–Kier alpha value is -2.71. The Kier molecular flexibility index (Phi) is 5.45. The first kappa shape index (κ1) is 21.8. The SMILES string of the molecule is Cn1cc(CN2CCCNC(=O)[C@@H]3C[C@@H]4CCCN4[C@@]34C(=O)N(CCC2)c2ccccc24)cn1. The monoisotopic (exact) mass is 462 g/mol. The highest BCUT2D eigenvalue weighted by Gasteiger charge is 2.66. The van der Waals surface area contributed by atoms with E-state index in [1.807, 2.05) is 35.0 Å². The highest BCUT2D eigenvalue weighted by molar-refractivity contribution is 6.10. The molecule has 1 spiro atoms. The van der Waals surface area contributed by atoms with E-state index in [-0.39, 0.29) is 17.7 Å². The molecule has 3 fully saturated rings. The van der Waals surface area contributed by atoms with Gasteiger partial charge in [0.15, 0.2) is 0 Å². The second kappa shape index (κ2) is 8.50. The van der Waals surface area contributed by atoms with Gasteiger partial charge in [-0.2, -0.15) is 5.10 Å². The van der Waals surface area contributed by atoms with E-state index in [2.05, 4.69) is 38.5 Å². The first-order chi connectivity index (χ1) is 16.6. The molecule has 0 unspecified atom stereocenters. The smallest absolute Gasteiger partial charge is 0.253 e. The summed E-state index contributed by atoms with van der Waals surface area (Å²) < 4.78 is 1.83. The predicted molar refractivity (Wildman–Crippen MR) is 129 cm³/mol. The molecule has 8 heteroatoms. The maximum Gasteiger partial charge on any atom is 0.253 e. The number of hydrogen-bond acceptors (Lipinski definition) is 5. The minimum absolute atomic E-state index is 0.0393. The fourth-order valence-electron chi connectivity index (χ4n) is 6.95. The minimum Gasteiger partial charge on any atom is -0.356 e. The number of benzene rings is 1. The second-order valence-electron chi connectivity index (χ2n) is 10.3. The molecule has 8 nitrogen and oxygen atoms in total. The molecule has 2 amide bonds. The predicted octanol–water partition coefficient (Wildman–Crippen LogP) is 1.86. The van der Waals surface area contributed by atoms with E-state index in [9.17, 15) is 9.59 Å². The molecule has 1 aromatic heterocycles. The van der Waals surface area contributed by atoms with Crippen LogP contribution in [0.2, 0.25) is 0 Å². The molecule has 0 aliphatic carbocycles. The van der Waals surface area contributed by atoms with Crippen LogP contribution in [0.15, 0.2) is 36.7 Å². The molecule has 5 heterocycles. The van der Waals surface area contributed by atoms with E-state index in [1.165, 1.54) is 5.56 Å². The molecule has 3 atom stereocenters. The van der Waals surface area contributed by atoms with Gasteiger partial charge in [0.05, 0.1) is 12.1 Å². The normalized spacial score (nSPS) is 30.2. The highest BCUT2D eigenvalue weighted by atomic mass is 16.2. The van der Waals surface area contributed by atoms with Gasteiger partial charge in [-0.05, 0) is 44.7 Å². The summed E-state index contributed by atoms with van der Waals surface area (Å²) in [5.74, 6) is -0.183. The van der Waals surface area contributed by atoms with Gasteiger partial charge in [-0.3, -0.25) is 24.1 Å². The van der Waals surface area contributed by atoms with Crippen molar-refractivity contribution in [1.82, 2.24) is 24.9 Å². The van der Waals surface area contributed by atoms with E-state index < -0.39 is 5.54 Å². The molecular formula is C26H34N6O2. The number of fused-ring (bicyclic) bond motifs is 4. The van der Waals surface area contributed by atoms with Gasteiger partial charge in [-0.1, -0.05) is 18.2 Å². The van der Waals surface area contributed by atoms with Crippen LogP contribution in [0.4, 0.5) is 5.69 Å². The van der Waals surface area contributed by atoms with Crippen molar-refractivity contribution in [3.63, 3.8) is 0 Å². The summed E-state index contributed by atoms with van der Waals surface area (Å²) in [6.45, 7) is 4.84. The van der Waals surface area contributed by atoms with Crippen molar-refractivity contribution in [3.8, 4) is 0 Å². The molecule has 3 saturated heterocycles. The largest absolute Gasteiger partial charge is 0.356 e. The molecule has 1 aromatic carbocycles. The lowest BCUT2D eigenvalue weighted by atomic mass is 9.78. The quantitative estimate of drug-likeness (QED) is 0.738. The van der Waals surface area contributed by atoms with Crippen molar-refractivity contribution < 1.29 is 9.59 Å². The number of carbonyl (C=O) groups excluding carboxylic acids is 2. The van der Waals surface area contributed by atoms with E-state index in [0.717, 1.165) is 69.5 Å². The Morgan fingerprint density at radius 3 is 2.79 bits per heavy atom. The number of aromatic nitrogens is 2. The minimum atomic E-state index is -0.842. The summed E-state index contributed by atoms with van der Waals surface area (Å²) in [5, 5.41) is 7.53. The van der Waals surface area contributed by atoms with E-state index >= 15 is 0 Å². The van der Waals surface area contributed by atoms with Crippen molar-refractivity contribution >= 4 is 17.5 Å². The zero-order chi connectivity index (χ0) is 23.3. The lowest BCUT2D eigenvalue weighted by Gasteiger charge is -2.37. The number of rotatable bonds is 2. The third-order valence-electron chi connectivity index (χ3n) is 8.31. The summed E-state index contributed by atoms with van der Waals surface area (Å²) in [4.78, 5) is 34.7. The van der Waals surface area contributed by atoms with Gasteiger partial charge in [0.1, 0.15) is 5.54 Å². The van der Waals surface area contributed by atoms with E-state index in [1.54, 1.807) is 0 Å². The number of nitrogens with zero attached hydrogens (tertiary/aromatic N) is 5. The molecule has 180 valence electrons. The van der Waals surface area contributed by atoms with Crippen LogP contribution < -0.4 is 10.2 Å². The molecule has 2 aromatic rings. The van der Waals surface area contributed by atoms with Crippen LogP contribution in [0.1, 0.15) is 43.2 Å². The number of anilines is 1. The second-order valence-corrected chi connectivity index (χ2v) is 10.3. The van der Waals surface area contributed by atoms with Gasteiger partial charge >= 0.3 is 0 Å². The van der Waals surface area contributed by atoms with Crippen LogP contribution >= 0.6 is 0 Å². The Morgan fingerprint density at radius 2 is 1.94 bits per heavy atom. The molecule has 4 aliphatic heterocycles. The number of para-hydroxylation sites is 1. The number of hydrogen-bond donors (Lipinski definition) is 1.